The molecule has 2 aromatic rings. The molecule has 2 aliphatic heterocycles. The van der Waals surface area contributed by atoms with Crippen LogP contribution in [0.4, 0.5) is 18.9 Å². The van der Waals surface area contributed by atoms with Crippen LogP contribution in [-0.2, 0) is 11.8 Å². The molecule has 0 fully saturated rings. The SMILES string of the molecule is CC(C)N1N=NC2C(=O)N(c3ccc(OC(F)(F)F)cc3)C=C(c3cnn(C)c3)C21. The summed E-state index contributed by atoms with van der Waals surface area (Å²) in [4.78, 5) is 14.5. The monoisotopic (exact) mass is 420 g/mol. The molecule has 158 valence electrons. The maximum Gasteiger partial charge on any atom is 0.573 e. The van der Waals surface area contributed by atoms with Crippen molar-refractivity contribution >= 4 is 17.2 Å². The fourth-order valence-electron chi connectivity index (χ4n) is 3.55. The first-order chi connectivity index (χ1) is 14.1. The van der Waals surface area contributed by atoms with Gasteiger partial charge in [0.25, 0.3) is 5.91 Å². The van der Waals surface area contributed by atoms with Crippen LogP contribution < -0.4 is 9.64 Å². The summed E-state index contributed by atoms with van der Waals surface area (Å²) < 4.78 is 42.8. The molecule has 30 heavy (non-hydrogen) atoms. The molecule has 2 atom stereocenters. The van der Waals surface area contributed by atoms with Gasteiger partial charge in [-0.2, -0.15) is 10.2 Å². The van der Waals surface area contributed by atoms with E-state index in [0.29, 0.717) is 5.69 Å². The van der Waals surface area contributed by atoms with Crippen LogP contribution in [0.1, 0.15) is 19.4 Å². The molecule has 1 aromatic heterocycles. The van der Waals surface area contributed by atoms with Crippen molar-refractivity contribution in [2.75, 3.05) is 4.90 Å². The summed E-state index contributed by atoms with van der Waals surface area (Å²) in [6, 6.07) is 3.98. The highest BCUT2D eigenvalue weighted by Gasteiger charge is 2.47. The van der Waals surface area contributed by atoms with E-state index in [1.54, 1.807) is 29.1 Å². The number of amides is 1. The van der Waals surface area contributed by atoms with Crippen LogP contribution in [-0.4, -0.2) is 45.2 Å². The summed E-state index contributed by atoms with van der Waals surface area (Å²) in [5.74, 6) is -0.680. The van der Waals surface area contributed by atoms with Crippen LogP contribution in [0.3, 0.4) is 0 Å². The Morgan fingerprint density at radius 1 is 1.17 bits per heavy atom. The molecule has 0 bridgehead atoms. The number of carbonyl (C=O) groups is 1. The number of carbonyl (C=O) groups excluding carboxylic acids is 1. The molecule has 0 saturated carbocycles. The van der Waals surface area contributed by atoms with E-state index in [1.807, 2.05) is 20.0 Å². The van der Waals surface area contributed by atoms with Gasteiger partial charge in [0.15, 0.2) is 6.04 Å². The molecule has 1 amide bonds. The third-order valence-electron chi connectivity index (χ3n) is 4.86. The lowest BCUT2D eigenvalue weighted by molar-refractivity contribution is -0.274. The topological polar surface area (TPSA) is 75.3 Å². The maximum absolute atomic E-state index is 13.1. The highest BCUT2D eigenvalue weighted by molar-refractivity contribution is 6.05. The number of hydrogen-bond acceptors (Lipinski definition) is 6. The van der Waals surface area contributed by atoms with Crippen molar-refractivity contribution in [3.05, 3.63) is 48.4 Å². The second kappa shape index (κ2) is 7.15. The number of benzene rings is 1. The van der Waals surface area contributed by atoms with Crippen molar-refractivity contribution in [1.82, 2.24) is 14.8 Å². The average molecular weight is 420 g/mol. The van der Waals surface area contributed by atoms with Crippen molar-refractivity contribution in [2.45, 2.75) is 38.3 Å². The van der Waals surface area contributed by atoms with Gasteiger partial charge in [-0.05, 0) is 38.1 Å². The highest BCUT2D eigenvalue weighted by Crippen LogP contribution is 2.38. The lowest BCUT2D eigenvalue weighted by Crippen LogP contribution is -2.50. The number of fused-ring (bicyclic) bond motifs is 1. The molecule has 0 spiro atoms. The van der Waals surface area contributed by atoms with Crippen molar-refractivity contribution in [3.63, 3.8) is 0 Å². The third-order valence-corrected chi connectivity index (χ3v) is 4.86. The van der Waals surface area contributed by atoms with Gasteiger partial charge in [-0.25, -0.2) is 0 Å². The molecule has 4 rings (SSSR count). The summed E-state index contributed by atoms with van der Waals surface area (Å²) in [7, 11) is 1.79. The number of nitrogens with zero attached hydrogens (tertiary/aromatic N) is 6. The van der Waals surface area contributed by atoms with Gasteiger partial charge in [0.05, 0.1) is 6.20 Å². The van der Waals surface area contributed by atoms with Crippen molar-refractivity contribution in [1.29, 1.82) is 0 Å². The average Bonchev–Trinajstić information content (AvgIpc) is 3.29. The zero-order valence-electron chi connectivity index (χ0n) is 16.4. The molecular formula is C19H19F3N6O2. The Hall–Kier alpha value is -3.37. The van der Waals surface area contributed by atoms with Gasteiger partial charge < -0.3 is 4.74 Å². The molecule has 1 aromatic carbocycles. The van der Waals surface area contributed by atoms with Gasteiger partial charge in [-0.15, -0.1) is 13.2 Å². The molecule has 2 aliphatic rings. The minimum Gasteiger partial charge on any atom is -0.406 e. The van der Waals surface area contributed by atoms with E-state index in [4.69, 9.17) is 0 Å². The van der Waals surface area contributed by atoms with Crippen molar-refractivity contribution in [2.24, 2.45) is 17.4 Å². The maximum atomic E-state index is 13.1. The number of aryl methyl sites for hydroxylation is 1. The van der Waals surface area contributed by atoms with E-state index in [9.17, 15) is 18.0 Å². The number of halogens is 3. The molecule has 3 heterocycles. The number of alkyl halides is 3. The molecule has 0 N–H and O–H groups in total. The first kappa shape index (κ1) is 19.9. The Morgan fingerprint density at radius 3 is 2.43 bits per heavy atom. The Labute approximate surface area is 170 Å². The number of hydrogen-bond donors (Lipinski definition) is 0. The fraction of sp³-hybridized carbons (Fsp3) is 0.368. The molecule has 0 radical (unpaired) electrons. The van der Waals surface area contributed by atoms with Crippen LogP contribution >= 0.6 is 0 Å². The van der Waals surface area contributed by atoms with E-state index < -0.39 is 12.4 Å². The number of anilines is 1. The molecular weight excluding hydrogens is 401 g/mol. The molecule has 0 saturated heterocycles. The van der Waals surface area contributed by atoms with E-state index in [-0.39, 0.29) is 23.7 Å². The second-order valence-corrected chi connectivity index (χ2v) is 7.31. The van der Waals surface area contributed by atoms with E-state index in [1.165, 1.54) is 17.0 Å². The lowest BCUT2D eigenvalue weighted by Gasteiger charge is -2.36. The van der Waals surface area contributed by atoms with Crippen LogP contribution in [0.25, 0.3) is 5.57 Å². The van der Waals surface area contributed by atoms with Crippen LogP contribution in [0.15, 0.2) is 53.2 Å². The summed E-state index contributed by atoms with van der Waals surface area (Å²) in [5, 5.41) is 14.4. The van der Waals surface area contributed by atoms with E-state index in [0.717, 1.165) is 23.3 Å². The second-order valence-electron chi connectivity index (χ2n) is 7.31. The van der Waals surface area contributed by atoms with Crippen molar-refractivity contribution in [3.8, 4) is 5.75 Å². The van der Waals surface area contributed by atoms with E-state index in [2.05, 4.69) is 20.2 Å². The molecule has 8 nitrogen and oxygen atoms in total. The zero-order chi connectivity index (χ0) is 21.6. The Bertz CT molecular complexity index is 1010. The standard InChI is InChI=1S/C19H19F3N6O2/c1-11(2)28-17-15(12-8-23-26(3)9-12)10-27(18(29)16(17)24-25-28)13-4-6-14(7-5-13)30-19(20,21)22/h4-11,16-17H,1-3H3. The molecule has 11 heteroatoms. The summed E-state index contributed by atoms with van der Waals surface area (Å²) in [5.41, 5.74) is 1.99. The summed E-state index contributed by atoms with van der Waals surface area (Å²) in [6.07, 6.45) is 0.404. The quantitative estimate of drug-likeness (QED) is 0.758. The molecule has 2 unspecified atom stereocenters. The predicted molar refractivity (Wildman–Crippen MR) is 101 cm³/mol. The number of aromatic nitrogens is 2. The lowest BCUT2D eigenvalue weighted by atomic mass is 9.91. The first-order valence-corrected chi connectivity index (χ1v) is 9.23. The summed E-state index contributed by atoms with van der Waals surface area (Å²) in [6.45, 7) is 3.91. The Kier molecular flexibility index (Phi) is 4.75. The highest BCUT2D eigenvalue weighted by atomic mass is 19.4. The number of rotatable bonds is 4. The van der Waals surface area contributed by atoms with Crippen LogP contribution in [0.5, 0.6) is 5.75 Å². The Morgan fingerprint density at radius 2 is 1.87 bits per heavy atom. The first-order valence-electron chi connectivity index (χ1n) is 9.23. The van der Waals surface area contributed by atoms with Gasteiger partial charge in [-0.3, -0.25) is 19.4 Å². The van der Waals surface area contributed by atoms with Gasteiger partial charge >= 0.3 is 6.36 Å². The minimum atomic E-state index is -4.78. The minimum absolute atomic E-state index is 0.0157. The van der Waals surface area contributed by atoms with Gasteiger partial charge in [0, 0.05) is 42.3 Å². The Balaban J connectivity index is 1.73. The molecule has 0 aliphatic carbocycles. The predicted octanol–water partition coefficient (Wildman–Crippen LogP) is 3.53. The third kappa shape index (κ3) is 3.62. The normalized spacial score (nSPS) is 21.3. The largest absolute Gasteiger partial charge is 0.573 e. The van der Waals surface area contributed by atoms with E-state index >= 15 is 0 Å². The van der Waals surface area contributed by atoms with Crippen LogP contribution in [0.2, 0.25) is 0 Å². The smallest absolute Gasteiger partial charge is 0.406 e. The fourth-order valence-corrected chi connectivity index (χ4v) is 3.55. The van der Waals surface area contributed by atoms with Gasteiger partial charge in [0.1, 0.15) is 11.8 Å². The van der Waals surface area contributed by atoms with Gasteiger partial charge in [0.2, 0.25) is 0 Å². The summed E-state index contributed by atoms with van der Waals surface area (Å²) >= 11 is 0. The number of ether oxygens (including phenoxy) is 1. The van der Waals surface area contributed by atoms with Gasteiger partial charge in [-0.1, -0.05) is 5.22 Å². The zero-order valence-corrected chi connectivity index (χ0v) is 16.4. The van der Waals surface area contributed by atoms with Crippen molar-refractivity contribution < 1.29 is 22.7 Å². The van der Waals surface area contributed by atoms with Crippen LogP contribution in [0, 0.1) is 0 Å².